The third kappa shape index (κ3) is 3.73. The fraction of sp³-hybridized carbons (Fsp3) is 0.438. The van der Waals surface area contributed by atoms with Crippen LogP contribution < -0.4 is 0 Å². The van der Waals surface area contributed by atoms with Crippen molar-refractivity contribution in [3.63, 3.8) is 0 Å². The molecule has 0 spiro atoms. The van der Waals surface area contributed by atoms with Crippen LogP contribution >= 0.6 is 11.8 Å². The lowest BCUT2D eigenvalue weighted by Crippen LogP contribution is -2.32. The zero-order chi connectivity index (χ0) is 16.2. The van der Waals surface area contributed by atoms with Crippen molar-refractivity contribution in [2.24, 2.45) is 0 Å². The van der Waals surface area contributed by atoms with Gasteiger partial charge in [-0.3, -0.25) is 9.36 Å². The highest BCUT2D eigenvalue weighted by molar-refractivity contribution is 7.99. The molecule has 0 radical (unpaired) electrons. The third-order valence-corrected chi connectivity index (χ3v) is 4.90. The fourth-order valence-electron chi connectivity index (χ4n) is 2.96. The molecule has 1 N–H and O–H groups in total. The van der Waals surface area contributed by atoms with Crippen LogP contribution in [-0.2, 0) is 4.79 Å². The van der Waals surface area contributed by atoms with Crippen LogP contribution in [-0.4, -0.2) is 56.6 Å². The number of rotatable bonds is 5. The van der Waals surface area contributed by atoms with Crippen molar-refractivity contribution in [3.05, 3.63) is 36.2 Å². The summed E-state index contributed by atoms with van der Waals surface area (Å²) in [5, 5.41) is 18.2. The highest BCUT2D eigenvalue weighted by atomic mass is 32.2. The van der Waals surface area contributed by atoms with Gasteiger partial charge in [-0.2, -0.15) is 0 Å². The number of thioether (sulfide) groups is 1. The number of hydrogen-bond donors (Lipinski definition) is 1. The van der Waals surface area contributed by atoms with E-state index in [4.69, 9.17) is 5.11 Å². The average Bonchev–Trinajstić information content (AvgIpc) is 2.97. The van der Waals surface area contributed by atoms with Crippen LogP contribution in [0.3, 0.4) is 0 Å². The molecular formula is C16H20N4O2S. The van der Waals surface area contributed by atoms with E-state index in [9.17, 15) is 4.79 Å². The first-order valence-corrected chi connectivity index (χ1v) is 8.67. The monoisotopic (exact) mass is 332 g/mol. The van der Waals surface area contributed by atoms with Gasteiger partial charge < -0.3 is 10.0 Å². The SMILES string of the molecule is CN1CCC[C@H](c2nnc(SCC(=O)O)n2-c2ccccc2)C1. The molecule has 2 heterocycles. The largest absolute Gasteiger partial charge is 0.481 e. The molecule has 0 amide bonds. The molecule has 1 atom stereocenters. The first kappa shape index (κ1) is 16.0. The second-order valence-electron chi connectivity index (χ2n) is 5.80. The van der Waals surface area contributed by atoms with Gasteiger partial charge in [0.2, 0.25) is 0 Å². The van der Waals surface area contributed by atoms with Crippen molar-refractivity contribution in [3.8, 4) is 5.69 Å². The number of likely N-dealkylation sites (tertiary alicyclic amines) is 1. The number of likely N-dealkylation sites (N-methyl/N-ethyl adjacent to an activating group) is 1. The molecule has 122 valence electrons. The fourth-order valence-corrected chi connectivity index (χ4v) is 3.64. The van der Waals surface area contributed by atoms with E-state index >= 15 is 0 Å². The lowest BCUT2D eigenvalue weighted by Gasteiger charge is -2.29. The Hall–Kier alpha value is -1.86. The summed E-state index contributed by atoms with van der Waals surface area (Å²) in [5.41, 5.74) is 0.980. The van der Waals surface area contributed by atoms with E-state index in [-0.39, 0.29) is 5.75 Å². The number of hydrogen-bond acceptors (Lipinski definition) is 5. The number of para-hydroxylation sites is 1. The minimum atomic E-state index is -0.850. The van der Waals surface area contributed by atoms with E-state index in [0.29, 0.717) is 11.1 Å². The number of carboxylic acid groups (broad SMARTS) is 1. The second-order valence-corrected chi connectivity index (χ2v) is 6.74. The quantitative estimate of drug-likeness (QED) is 0.847. The van der Waals surface area contributed by atoms with Crippen molar-refractivity contribution in [1.82, 2.24) is 19.7 Å². The highest BCUT2D eigenvalue weighted by Gasteiger charge is 2.26. The summed E-state index contributed by atoms with van der Waals surface area (Å²) in [6, 6.07) is 9.91. The molecule has 0 bridgehead atoms. The minimum Gasteiger partial charge on any atom is -0.481 e. The van der Waals surface area contributed by atoms with Gasteiger partial charge in [-0.05, 0) is 38.6 Å². The van der Waals surface area contributed by atoms with Gasteiger partial charge in [-0.15, -0.1) is 10.2 Å². The molecule has 1 saturated heterocycles. The summed E-state index contributed by atoms with van der Waals surface area (Å²) in [5.74, 6) is 0.378. The molecule has 1 fully saturated rings. The van der Waals surface area contributed by atoms with Gasteiger partial charge in [0.05, 0.1) is 5.75 Å². The first-order chi connectivity index (χ1) is 11.1. The molecule has 0 aliphatic carbocycles. The van der Waals surface area contributed by atoms with Gasteiger partial charge in [0, 0.05) is 18.2 Å². The molecule has 0 saturated carbocycles. The molecule has 1 aliphatic rings. The third-order valence-electron chi connectivity index (χ3n) is 3.99. The first-order valence-electron chi connectivity index (χ1n) is 7.69. The van der Waals surface area contributed by atoms with Crippen molar-refractivity contribution in [1.29, 1.82) is 0 Å². The van der Waals surface area contributed by atoms with Gasteiger partial charge in [0.15, 0.2) is 5.16 Å². The van der Waals surface area contributed by atoms with Gasteiger partial charge in [0.25, 0.3) is 0 Å². The lowest BCUT2D eigenvalue weighted by atomic mass is 9.97. The van der Waals surface area contributed by atoms with Crippen molar-refractivity contribution in [2.45, 2.75) is 23.9 Å². The lowest BCUT2D eigenvalue weighted by molar-refractivity contribution is -0.133. The number of benzene rings is 1. The van der Waals surface area contributed by atoms with Crippen LogP contribution in [0.2, 0.25) is 0 Å². The minimum absolute atomic E-state index is 0.0183. The van der Waals surface area contributed by atoms with Gasteiger partial charge in [0.1, 0.15) is 5.82 Å². The van der Waals surface area contributed by atoms with Gasteiger partial charge >= 0.3 is 5.97 Å². The maximum Gasteiger partial charge on any atom is 0.313 e. The molecule has 1 aliphatic heterocycles. The number of aromatic nitrogens is 3. The van der Waals surface area contributed by atoms with E-state index in [1.807, 2.05) is 34.9 Å². The number of carboxylic acids is 1. The van der Waals surface area contributed by atoms with E-state index < -0.39 is 5.97 Å². The van der Waals surface area contributed by atoms with Crippen LogP contribution in [0.15, 0.2) is 35.5 Å². The molecule has 0 unspecified atom stereocenters. The molecule has 2 aromatic rings. The maximum atomic E-state index is 10.9. The highest BCUT2D eigenvalue weighted by Crippen LogP contribution is 2.30. The van der Waals surface area contributed by atoms with Gasteiger partial charge in [-0.25, -0.2) is 0 Å². The number of carbonyl (C=O) groups is 1. The zero-order valence-corrected chi connectivity index (χ0v) is 13.9. The predicted octanol–water partition coefficient (Wildman–Crippen LogP) is 2.25. The topological polar surface area (TPSA) is 71.2 Å². The molecule has 23 heavy (non-hydrogen) atoms. The molecule has 1 aromatic heterocycles. The number of nitrogens with zero attached hydrogens (tertiary/aromatic N) is 4. The predicted molar refractivity (Wildman–Crippen MR) is 89.2 cm³/mol. The number of piperidine rings is 1. The summed E-state index contributed by atoms with van der Waals surface area (Å²) in [7, 11) is 2.12. The van der Waals surface area contributed by atoms with Crippen LogP contribution in [0.5, 0.6) is 0 Å². The Balaban J connectivity index is 1.97. The molecule has 1 aromatic carbocycles. The molecule has 7 heteroatoms. The summed E-state index contributed by atoms with van der Waals surface area (Å²) in [4.78, 5) is 13.2. The van der Waals surface area contributed by atoms with E-state index in [0.717, 1.165) is 37.4 Å². The summed E-state index contributed by atoms with van der Waals surface area (Å²) in [6.45, 7) is 2.06. The zero-order valence-electron chi connectivity index (χ0n) is 13.1. The van der Waals surface area contributed by atoms with Crippen LogP contribution in [0.25, 0.3) is 5.69 Å². The smallest absolute Gasteiger partial charge is 0.313 e. The van der Waals surface area contributed by atoms with Gasteiger partial charge in [-0.1, -0.05) is 30.0 Å². The van der Waals surface area contributed by atoms with Crippen LogP contribution in [0, 0.1) is 0 Å². The molecule has 6 nitrogen and oxygen atoms in total. The van der Waals surface area contributed by atoms with Crippen molar-refractivity contribution >= 4 is 17.7 Å². The van der Waals surface area contributed by atoms with E-state index in [1.165, 1.54) is 11.8 Å². The van der Waals surface area contributed by atoms with Crippen molar-refractivity contribution < 1.29 is 9.90 Å². The van der Waals surface area contributed by atoms with E-state index in [2.05, 4.69) is 22.1 Å². The Labute approximate surface area is 139 Å². The average molecular weight is 332 g/mol. The van der Waals surface area contributed by atoms with E-state index in [1.54, 1.807) is 0 Å². The molecule has 3 rings (SSSR count). The normalized spacial score (nSPS) is 18.9. The Kier molecular flexibility index (Phi) is 4.97. The Morgan fingerprint density at radius 2 is 2.13 bits per heavy atom. The Bertz CT molecular complexity index is 674. The second kappa shape index (κ2) is 7.14. The summed E-state index contributed by atoms with van der Waals surface area (Å²) >= 11 is 1.21. The Morgan fingerprint density at radius 1 is 1.35 bits per heavy atom. The summed E-state index contributed by atoms with van der Waals surface area (Å²) < 4.78 is 2.01. The number of aliphatic carboxylic acids is 1. The van der Waals surface area contributed by atoms with Crippen LogP contribution in [0.4, 0.5) is 0 Å². The maximum absolute atomic E-state index is 10.9. The molecular weight excluding hydrogens is 312 g/mol. The Morgan fingerprint density at radius 3 is 2.83 bits per heavy atom. The summed E-state index contributed by atoms with van der Waals surface area (Å²) in [6.07, 6.45) is 2.22. The van der Waals surface area contributed by atoms with Crippen molar-refractivity contribution in [2.75, 3.05) is 25.9 Å². The standard InChI is InChI=1S/C16H20N4O2S/c1-19-9-5-6-12(10-19)15-17-18-16(23-11-14(21)22)20(15)13-7-3-2-4-8-13/h2-4,7-8,12H,5-6,9-11H2,1H3,(H,21,22)/t12-/m0/s1. The van der Waals surface area contributed by atoms with Crippen LogP contribution in [0.1, 0.15) is 24.6 Å².